The Kier molecular flexibility index (Phi) is 3.59. The van der Waals surface area contributed by atoms with Crippen molar-refractivity contribution in [3.05, 3.63) is 22.8 Å². The summed E-state index contributed by atoms with van der Waals surface area (Å²) in [5, 5.41) is 3.40. The molecule has 1 aliphatic carbocycles. The zero-order valence-corrected chi connectivity index (χ0v) is 10.2. The molecule has 1 saturated carbocycles. The molecule has 2 atom stereocenters. The first-order chi connectivity index (χ1) is 7.25. The van der Waals surface area contributed by atoms with Crippen molar-refractivity contribution in [2.24, 2.45) is 5.73 Å². The number of aromatic nitrogens is 1. The van der Waals surface area contributed by atoms with Gasteiger partial charge in [-0.1, -0.05) is 12.8 Å². The van der Waals surface area contributed by atoms with Crippen LogP contribution in [0.15, 0.2) is 22.8 Å². The normalized spacial score (nSPS) is 26.3. The highest BCUT2D eigenvalue weighted by Gasteiger charge is 2.21. The van der Waals surface area contributed by atoms with E-state index in [0.29, 0.717) is 6.04 Å². The second-order valence-corrected chi connectivity index (χ2v) is 4.98. The van der Waals surface area contributed by atoms with E-state index in [-0.39, 0.29) is 6.04 Å². The zero-order chi connectivity index (χ0) is 10.7. The lowest BCUT2D eigenvalue weighted by atomic mass is 9.91. The maximum absolute atomic E-state index is 6.06. The molecular weight excluding hydrogens is 254 g/mol. The van der Waals surface area contributed by atoms with Gasteiger partial charge in [-0.05, 0) is 40.9 Å². The van der Waals surface area contributed by atoms with E-state index in [1.165, 1.54) is 12.8 Å². The molecule has 1 heterocycles. The van der Waals surface area contributed by atoms with E-state index < -0.39 is 0 Å². The summed E-state index contributed by atoms with van der Waals surface area (Å²) < 4.78 is 1.00. The first-order valence-electron chi connectivity index (χ1n) is 5.39. The third-order valence-electron chi connectivity index (χ3n) is 2.88. The number of rotatable bonds is 2. The van der Waals surface area contributed by atoms with Gasteiger partial charge in [-0.25, -0.2) is 4.98 Å². The predicted octanol–water partition coefficient (Wildman–Crippen LogP) is 2.53. The minimum absolute atomic E-state index is 0.268. The molecule has 1 aromatic heterocycles. The Morgan fingerprint density at radius 3 is 2.80 bits per heavy atom. The summed E-state index contributed by atoms with van der Waals surface area (Å²) >= 11 is 3.37. The quantitative estimate of drug-likeness (QED) is 0.868. The van der Waals surface area contributed by atoms with Crippen LogP contribution < -0.4 is 11.1 Å². The highest BCUT2D eigenvalue weighted by atomic mass is 79.9. The lowest BCUT2D eigenvalue weighted by Crippen LogP contribution is -2.42. The minimum atomic E-state index is 0.268. The largest absolute Gasteiger partial charge is 0.366 e. The van der Waals surface area contributed by atoms with Gasteiger partial charge in [0.25, 0.3) is 0 Å². The number of nitrogens with two attached hydrogens (primary N) is 1. The highest BCUT2D eigenvalue weighted by Crippen LogP contribution is 2.20. The predicted molar refractivity (Wildman–Crippen MR) is 65.8 cm³/mol. The fraction of sp³-hybridized carbons (Fsp3) is 0.545. The summed E-state index contributed by atoms with van der Waals surface area (Å²) in [4.78, 5) is 4.29. The molecule has 3 N–H and O–H groups in total. The maximum Gasteiger partial charge on any atom is 0.126 e. The summed E-state index contributed by atoms with van der Waals surface area (Å²) in [6.45, 7) is 0. The fourth-order valence-corrected chi connectivity index (χ4v) is 2.22. The summed E-state index contributed by atoms with van der Waals surface area (Å²) in [5.74, 6) is 0.917. The highest BCUT2D eigenvalue weighted by molar-refractivity contribution is 9.10. The molecule has 1 aromatic rings. The molecule has 0 bridgehead atoms. The van der Waals surface area contributed by atoms with Crippen LogP contribution in [0, 0.1) is 0 Å². The van der Waals surface area contributed by atoms with Crippen molar-refractivity contribution >= 4 is 21.7 Å². The smallest absolute Gasteiger partial charge is 0.126 e. The van der Waals surface area contributed by atoms with Crippen molar-refractivity contribution in [3.63, 3.8) is 0 Å². The third kappa shape index (κ3) is 2.92. The van der Waals surface area contributed by atoms with Crippen LogP contribution in [-0.4, -0.2) is 17.1 Å². The number of nitrogens with one attached hydrogen (secondary N) is 1. The molecule has 0 amide bonds. The van der Waals surface area contributed by atoms with Crippen molar-refractivity contribution in [3.8, 4) is 0 Å². The number of hydrogen-bond acceptors (Lipinski definition) is 3. The molecule has 0 spiro atoms. The van der Waals surface area contributed by atoms with E-state index in [9.17, 15) is 0 Å². The Bertz CT molecular complexity index is 312. The summed E-state index contributed by atoms with van der Waals surface area (Å²) in [7, 11) is 0. The van der Waals surface area contributed by atoms with Crippen LogP contribution in [0.3, 0.4) is 0 Å². The number of pyridine rings is 1. The van der Waals surface area contributed by atoms with E-state index in [0.717, 1.165) is 23.1 Å². The second-order valence-electron chi connectivity index (χ2n) is 4.06. The van der Waals surface area contributed by atoms with Gasteiger partial charge >= 0.3 is 0 Å². The molecule has 0 saturated heterocycles. The maximum atomic E-state index is 6.06. The third-order valence-corrected chi connectivity index (χ3v) is 3.35. The van der Waals surface area contributed by atoms with Crippen molar-refractivity contribution in [2.45, 2.75) is 37.8 Å². The van der Waals surface area contributed by atoms with Crippen LogP contribution in [0.4, 0.5) is 5.82 Å². The van der Waals surface area contributed by atoms with E-state index in [1.807, 2.05) is 12.1 Å². The number of halogens is 1. The van der Waals surface area contributed by atoms with Crippen molar-refractivity contribution < 1.29 is 0 Å². The number of nitrogens with zero attached hydrogens (tertiary/aromatic N) is 1. The monoisotopic (exact) mass is 269 g/mol. The van der Waals surface area contributed by atoms with Crippen LogP contribution >= 0.6 is 15.9 Å². The van der Waals surface area contributed by atoms with Crippen molar-refractivity contribution in [1.29, 1.82) is 0 Å². The Balaban J connectivity index is 1.98. The molecule has 1 fully saturated rings. The molecule has 82 valence electrons. The van der Waals surface area contributed by atoms with Gasteiger partial charge in [-0.3, -0.25) is 0 Å². The summed E-state index contributed by atoms with van der Waals surface area (Å²) in [6, 6.07) is 4.62. The Labute approximate surface area is 98.6 Å². The van der Waals surface area contributed by atoms with E-state index in [1.54, 1.807) is 6.20 Å². The van der Waals surface area contributed by atoms with E-state index in [2.05, 4.69) is 26.2 Å². The Morgan fingerprint density at radius 1 is 1.33 bits per heavy atom. The van der Waals surface area contributed by atoms with Gasteiger partial charge in [0.15, 0.2) is 0 Å². The molecular formula is C11H16BrN3. The van der Waals surface area contributed by atoms with Crippen LogP contribution in [-0.2, 0) is 0 Å². The molecule has 2 rings (SSSR count). The Hall–Kier alpha value is -0.610. The van der Waals surface area contributed by atoms with Gasteiger partial charge in [-0.15, -0.1) is 0 Å². The number of anilines is 1. The minimum Gasteiger partial charge on any atom is -0.366 e. The van der Waals surface area contributed by atoms with E-state index >= 15 is 0 Å². The van der Waals surface area contributed by atoms with Crippen molar-refractivity contribution in [2.75, 3.05) is 5.32 Å². The van der Waals surface area contributed by atoms with Crippen molar-refractivity contribution in [1.82, 2.24) is 4.98 Å². The summed E-state index contributed by atoms with van der Waals surface area (Å²) in [5.41, 5.74) is 6.06. The van der Waals surface area contributed by atoms with Gasteiger partial charge < -0.3 is 11.1 Å². The topological polar surface area (TPSA) is 50.9 Å². The molecule has 3 nitrogen and oxygen atoms in total. The average molecular weight is 270 g/mol. The summed E-state index contributed by atoms with van der Waals surface area (Å²) in [6.07, 6.45) is 6.60. The van der Waals surface area contributed by atoms with Gasteiger partial charge in [-0.2, -0.15) is 0 Å². The molecule has 0 aromatic carbocycles. The molecule has 0 aliphatic heterocycles. The first kappa shape index (κ1) is 10.9. The molecule has 4 heteroatoms. The van der Waals surface area contributed by atoms with Gasteiger partial charge in [0.1, 0.15) is 5.82 Å². The van der Waals surface area contributed by atoms with Crippen LogP contribution in [0.1, 0.15) is 25.7 Å². The molecule has 0 unspecified atom stereocenters. The standard InChI is InChI=1S/C11H16BrN3/c12-8-5-6-11(14-7-8)15-10-4-2-1-3-9(10)13/h5-7,9-10H,1-4,13H2,(H,14,15)/t9-,10+/m1/s1. The SMILES string of the molecule is N[C@@H]1CCCC[C@@H]1Nc1ccc(Br)cn1. The lowest BCUT2D eigenvalue weighted by Gasteiger charge is -2.29. The lowest BCUT2D eigenvalue weighted by molar-refractivity contribution is 0.403. The van der Waals surface area contributed by atoms with Crippen LogP contribution in [0.5, 0.6) is 0 Å². The van der Waals surface area contributed by atoms with Crippen LogP contribution in [0.2, 0.25) is 0 Å². The molecule has 0 radical (unpaired) electrons. The zero-order valence-electron chi connectivity index (χ0n) is 8.62. The van der Waals surface area contributed by atoms with Gasteiger partial charge in [0.05, 0.1) is 0 Å². The Morgan fingerprint density at radius 2 is 2.13 bits per heavy atom. The van der Waals surface area contributed by atoms with Crippen LogP contribution in [0.25, 0.3) is 0 Å². The fourth-order valence-electron chi connectivity index (χ4n) is 1.99. The van der Waals surface area contributed by atoms with Gasteiger partial charge in [0, 0.05) is 22.8 Å². The average Bonchev–Trinajstić information content (AvgIpc) is 2.25. The van der Waals surface area contributed by atoms with Gasteiger partial charge in [0.2, 0.25) is 0 Å². The molecule has 15 heavy (non-hydrogen) atoms. The van der Waals surface area contributed by atoms with E-state index in [4.69, 9.17) is 5.73 Å². The first-order valence-corrected chi connectivity index (χ1v) is 6.18. The second kappa shape index (κ2) is 4.94. The molecule has 1 aliphatic rings. The number of hydrogen-bond donors (Lipinski definition) is 2.